The van der Waals surface area contributed by atoms with Gasteiger partial charge in [-0.2, -0.15) is 0 Å². The second-order valence-corrected chi connectivity index (χ2v) is 5.07. The Morgan fingerprint density at radius 2 is 2.10 bits per heavy atom. The second kappa shape index (κ2) is 5.54. The molecule has 21 heavy (non-hydrogen) atoms. The van der Waals surface area contributed by atoms with Crippen molar-refractivity contribution in [3.05, 3.63) is 58.9 Å². The summed E-state index contributed by atoms with van der Waals surface area (Å²) in [7, 11) is 0. The van der Waals surface area contributed by atoms with Crippen molar-refractivity contribution in [1.82, 2.24) is 4.98 Å². The number of carbonyl (C=O) groups is 1. The van der Waals surface area contributed by atoms with Crippen molar-refractivity contribution < 1.29 is 10.0 Å². The summed E-state index contributed by atoms with van der Waals surface area (Å²) in [5.74, 6) is -0.198. The van der Waals surface area contributed by atoms with Crippen LogP contribution in [0.25, 0.3) is 0 Å². The predicted molar refractivity (Wildman–Crippen MR) is 80.3 cm³/mol. The molecule has 0 radical (unpaired) electrons. The lowest BCUT2D eigenvalue weighted by molar-refractivity contribution is 0.0982. The summed E-state index contributed by atoms with van der Waals surface area (Å²) in [6, 6.07) is 10.6. The number of benzene rings is 1. The first kappa shape index (κ1) is 13.6. The number of nitrogens with zero attached hydrogens (tertiary/aromatic N) is 3. The molecule has 1 aliphatic heterocycles. The Bertz CT molecular complexity index is 713. The molecule has 0 bridgehead atoms. The highest BCUT2D eigenvalue weighted by Gasteiger charge is 2.27. The average molecular weight is 302 g/mol. The number of oxime groups is 1. The van der Waals surface area contributed by atoms with E-state index in [9.17, 15) is 4.79 Å². The fourth-order valence-electron chi connectivity index (χ4n) is 2.38. The van der Waals surface area contributed by atoms with Crippen LogP contribution in [0.15, 0.2) is 47.8 Å². The SMILES string of the molecule is O=C(c1ccc(Cl)cn1)N1CCC(=NO)c2ccccc21. The Morgan fingerprint density at radius 3 is 2.81 bits per heavy atom. The van der Waals surface area contributed by atoms with E-state index in [1.165, 1.54) is 6.20 Å². The molecule has 1 aromatic heterocycles. The molecule has 0 spiro atoms. The van der Waals surface area contributed by atoms with Crippen LogP contribution in [0, 0.1) is 0 Å². The van der Waals surface area contributed by atoms with Gasteiger partial charge in [0.1, 0.15) is 5.69 Å². The third-order valence-corrected chi connectivity index (χ3v) is 3.61. The molecule has 1 amide bonds. The van der Waals surface area contributed by atoms with E-state index >= 15 is 0 Å². The van der Waals surface area contributed by atoms with Crippen LogP contribution in [0.1, 0.15) is 22.5 Å². The zero-order chi connectivity index (χ0) is 14.8. The zero-order valence-electron chi connectivity index (χ0n) is 11.0. The van der Waals surface area contributed by atoms with E-state index in [-0.39, 0.29) is 5.91 Å². The van der Waals surface area contributed by atoms with Crippen LogP contribution in [0.4, 0.5) is 5.69 Å². The van der Waals surface area contributed by atoms with Crippen molar-refractivity contribution in [3.8, 4) is 0 Å². The van der Waals surface area contributed by atoms with Gasteiger partial charge in [-0.3, -0.25) is 4.79 Å². The number of halogens is 1. The summed E-state index contributed by atoms with van der Waals surface area (Å²) in [6.07, 6.45) is 1.94. The Morgan fingerprint density at radius 1 is 1.29 bits per heavy atom. The minimum atomic E-state index is -0.198. The topological polar surface area (TPSA) is 65.8 Å². The number of fused-ring (bicyclic) bond motifs is 1. The molecular formula is C15H12ClN3O2. The van der Waals surface area contributed by atoms with Crippen LogP contribution >= 0.6 is 11.6 Å². The molecule has 1 aliphatic rings. The largest absolute Gasteiger partial charge is 0.411 e. The normalized spacial score (nSPS) is 15.9. The summed E-state index contributed by atoms with van der Waals surface area (Å²) in [5.41, 5.74) is 2.39. The lowest BCUT2D eigenvalue weighted by Gasteiger charge is -2.29. The van der Waals surface area contributed by atoms with Crippen molar-refractivity contribution >= 4 is 28.9 Å². The molecule has 106 valence electrons. The van der Waals surface area contributed by atoms with Crippen molar-refractivity contribution in [2.45, 2.75) is 6.42 Å². The van der Waals surface area contributed by atoms with Crippen LogP contribution in [0.5, 0.6) is 0 Å². The summed E-state index contributed by atoms with van der Waals surface area (Å²) < 4.78 is 0. The smallest absolute Gasteiger partial charge is 0.276 e. The number of carbonyl (C=O) groups excluding carboxylic acids is 1. The van der Waals surface area contributed by atoms with Gasteiger partial charge in [-0.1, -0.05) is 35.0 Å². The molecule has 1 N–H and O–H groups in total. The predicted octanol–water partition coefficient (Wildman–Crippen LogP) is 2.96. The highest BCUT2D eigenvalue weighted by molar-refractivity contribution is 6.30. The van der Waals surface area contributed by atoms with Crippen LogP contribution in [-0.2, 0) is 0 Å². The minimum Gasteiger partial charge on any atom is -0.411 e. The third kappa shape index (κ3) is 2.48. The van der Waals surface area contributed by atoms with E-state index in [4.69, 9.17) is 16.8 Å². The van der Waals surface area contributed by atoms with Crippen LogP contribution in [0.2, 0.25) is 5.02 Å². The number of anilines is 1. The Kier molecular flexibility index (Phi) is 3.58. The highest BCUT2D eigenvalue weighted by atomic mass is 35.5. The number of hydrogen-bond acceptors (Lipinski definition) is 4. The molecular weight excluding hydrogens is 290 g/mol. The molecule has 2 heterocycles. The molecule has 0 aliphatic carbocycles. The van der Waals surface area contributed by atoms with Crippen molar-refractivity contribution in [1.29, 1.82) is 0 Å². The quantitative estimate of drug-likeness (QED) is 0.650. The molecule has 6 heteroatoms. The molecule has 1 aromatic carbocycles. The van der Waals surface area contributed by atoms with Crippen LogP contribution in [-0.4, -0.2) is 28.4 Å². The monoisotopic (exact) mass is 301 g/mol. The van der Waals surface area contributed by atoms with E-state index in [2.05, 4.69) is 10.1 Å². The van der Waals surface area contributed by atoms with E-state index < -0.39 is 0 Å². The molecule has 3 rings (SSSR count). The summed E-state index contributed by atoms with van der Waals surface area (Å²) >= 11 is 5.79. The van der Waals surface area contributed by atoms with Gasteiger partial charge in [0, 0.05) is 24.7 Å². The molecule has 0 saturated carbocycles. The number of amides is 1. The minimum absolute atomic E-state index is 0.198. The van der Waals surface area contributed by atoms with E-state index in [1.54, 1.807) is 17.0 Å². The lowest BCUT2D eigenvalue weighted by atomic mass is 9.99. The second-order valence-electron chi connectivity index (χ2n) is 4.63. The van der Waals surface area contributed by atoms with Crippen molar-refractivity contribution in [2.24, 2.45) is 5.16 Å². The standard InChI is InChI=1S/C15H12ClN3O2/c16-10-5-6-13(17-9-10)15(20)19-8-7-12(18-21)11-3-1-2-4-14(11)19/h1-6,9,21H,7-8H2. The fraction of sp³-hybridized carbons (Fsp3) is 0.133. The van der Waals surface area contributed by atoms with Gasteiger partial charge in [0.15, 0.2) is 0 Å². The van der Waals surface area contributed by atoms with Gasteiger partial charge in [0.25, 0.3) is 5.91 Å². The molecule has 0 unspecified atom stereocenters. The summed E-state index contributed by atoms with van der Waals surface area (Å²) in [6.45, 7) is 0.444. The first-order valence-electron chi connectivity index (χ1n) is 6.44. The van der Waals surface area contributed by atoms with E-state index in [1.807, 2.05) is 24.3 Å². The molecule has 0 atom stereocenters. The van der Waals surface area contributed by atoms with E-state index in [0.29, 0.717) is 29.4 Å². The maximum atomic E-state index is 12.6. The number of pyridine rings is 1. The van der Waals surface area contributed by atoms with Gasteiger partial charge >= 0.3 is 0 Å². The first-order valence-corrected chi connectivity index (χ1v) is 6.82. The van der Waals surface area contributed by atoms with Gasteiger partial charge < -0.3 is 10.1 Å². The summed E-state index contributed by atoms with van der Waals surface area (Å²) in [4.78, 5) is 18.3. The van der Waals surface area contributed by atoms with Gasteiger partial charge in [0.2, 0.25) is 0 Å². The summed E-state index contributed by atoms with van der Waals surface area (Å²) in [5, 5.41) is 12.9. The van der Waals surface area contributed by atoms with E-state index in [0.717, 1.165) is 11.3 Å². The van der Waals surface area contributed by atoms with Crippen LogP contribution in [0.3, 0.4) is 0 Å². The Labute approximate surface area is 126 Å². The molecule has 5 nitrogen and oxygen atoms in total. The number of aromatic nitrogens is 1. The Hall–Kier alpha value is -2.40. The third-order valence-electron chi connectivity index (χ3n) is 3.39. The maximum Gasteiger partial charge on any atom is 0.276 e. The highest BCUT2D eigenvalue weighted by Crippen LogP contribution is 2.28. The number of rotatable bonds is 1. The number of hydrogen-bond donors (Lipinski definition) is 1. The van der Waals surface area contributed by atoms with Gasteiger partial charge in [-0.25, -0.2) is 4.98 Å². The average Bonchev–Trinajstić information content (AvgIpc) is 2.54. The van der Waals surface area contributed by atoms with Crippen molar-refractivity contribution in [3.63, 3.8) is 0 Å². The Balaban J connectivity index is 2.00. The van der Waals surface area contributed by atoms with Gasteiger partial charge in [-0.05, 0) is 18.2 Å². The van der Waals surface area contributed by atoms with Crippen molar-refractivity contribution in [2.75, 3.05) is 11.4 Å². The molecule has 2 aromatic rings. The lowest BCUT2D eigenvalue weighted by Crippen LogP contribution is -2.38. The number of para-hydroxylation sites is 1. The maximum absolute atomic E-state index is 12.6. The zero-order valence-corrected chi connectivity index (χ0v) is 11.8. The molecule has 0 fully saturated rings. The first-order chi connectivity index (χ1) is 10.2. The fourth-order valence-corrected chi connectivity index (χ4v) is 2.49. The van der Waals surface area contributed by atoms with Gasteiger partial charge in [-0.15, -0.1) is 0 Å². The van der Waals surface area contributed by atoms with Gasteiger partial charge in [0.05, 0.1) is 16.4 Å². The van der Waals surface area contributed by atoms with Crippen LogP contribution < -0.4 is 4.90 Å². The molecule has 0 saturated heterocycles.